The molecule has 0 bridgehead atoms. The van der Waals surface area contributed by atoms with Crippen molar-refractivity contribution in [2.75, 3.05) is 41.2 Å². The highest BCUT2D eigenvalue weighted by atomic mass is 28.4. The molecule has 1 rings (SSSR count). The maximum Gasteiger partial charge on any atom is 0.500 e. The van der Waals surface area contributed by atoms with Crippen molar-refractivity contribution in [3.63, 3.8) is 0 Å². The fraction of sp³-hybridized carbons (Fsp3) is 1.00. The molecule has 0 amide bonds. The van der Waals surface area contributed by atoms with Gasteiger partial charge in [0.25, 0.3) is 0 Å². The van der Waals surface area contributed by atoms with Crippen LogP contribution in [0.25, 0.3) is 0 Å². The number of ether oxygens (including phenoxy) is 2. The summed E-state index contributed by atoms with van der Waals surface area (Å²) in [6.07, 6.45) is 1.22. The van der Waals surface area contributed by atoms with Crippen molar-refractivity contribution in [3.05, 3.63) is 0 Å². The first-order valence-electron chi connectivity index (χ1n) is 6.84. The van der Waals surface area contributed by atoms with E-state index < -0.39 is 8.80 Å². The van der Waals surface area contributed by atoms with Gasteiger partial charge in [-0.3, -0.25) is 0 Å². The third-order valence-electron chi connectivity index (χ3n) is 2.41. The molecule has 7 heteroatoms. The minimum Gasteiger partial charge on any atom is -0.379 e. The molecule has 1 saturated heterocycles. The first-order valence-corrected chi connectivity index (χ1v) is 12.2. The summed E-state index contributed by atoms with van der Waals surface area (Å²) in [5.41, 5.74) is 0. The van der Waals surface area contributed by atoms with Gasteiger partial charge in [0.2, 0.25) is 0 Å². The Morgan fingerprint density at radius 3 is 1.95 bits per heavy atom. The summed E-state index contributed by atoms with van der Waals surface area (Å²) >= 11 is 0. The monoisotopic (exact) mass is 310 g/mol. The second-order valence-corrected chi connectivity index (χ2v) is 11.7. The molecule has 116 valence electrons. The van der Waals surface area contributed by atoms with Crippen molar-refractivity contribution in [3.8, 4) is 0 Å². The van der Waals surface area contributed by atoms with E-state index in [0.29, 0.717) is 19.3 Å². The molecule has 1 heterocycles. The quantitative estimate of drug-likeness (QED) is 0.369. The van der Waals surface area contributed by atoms with Crippen LogP contribution in [0.15, 0.2) is 0 Å². The lowest BCUT2D eigenvalue weighted by molar-refractivity contribution is 0.100. The fourth-order valence-electron chi connectivity index (χ4n) is 1.33. The van der Waals surface area contributed by atoms with Crippen LogP contribution in [-0.2, 0) is 22.8 Å². The lowest BCUT2D eigenvalue weighted by Crippen LogP contribution is -2.42. The van der Waals surface area contributed by atoms with Crippen LogP contribution in [0.3, 0.4) is 0 Å². The molecule has 0 spiro atoms. The summed E-state index contributed by atoms with van der Waals surface area (Å²) in [5, 5.41) is 0. The Balaban J connectivity index is 0.000000711. The second-order valence-electron chi connectivity index (χ2n) is 5.16. The van der Waals surface area contributed by atoms with Crippen LogP contribution in [0.2, 0.25) is 25.7 Å². The number of epoxide rings is 1. The predicted octanol–water partition coefficient (Wildman–Crippen LogP) is 1.77. The van der Waals surface area contributed by atoms with Crippen LogP contribution in [-0.4, -0.2) is 64.9 Å². The van der Waals surface area contributed by atoms with Gasteiger partial charge in [-0.2, -0.15) is 0 Å². The highest BCUT2D eigenvalue weighted by molar-refractivity contribution is 6.60. The zero-order valence-corrected chi connectivity index (χ0v) is 15.4. The molecule has 1 unspecified atom stereocenters. The smallest absolute Gasteiger partial charge is 0.379 e. The molecule has 1 fully saturated rings. The Kier molecular flexibility index (Phi) is 11.1. The highest BCUT2D eigenvalue weighted by Crippen LogP contribution is 2.15. The Hall–Kier alpha value is 0.234. The van der Waals surface area contributed by atoms with Gasteiger partial charge in [-0.25, -0.2) is 0 Å². The van der Waals surface area contributed by atoms with Crippen molar-refractivity contribution in [2.24, 2.45) is 0 Å². The largest absolute Gasteiger partial charge is 0.500 e. The van der Waals surface area contributed by atoms with Crippen LogP contribution in [0, 0.1) is 0 Å². The molecular formula is C12H30O5Si2. The summed E-state index contributed by atoms with van der Waals surface area (Å²) in [6, 6.07) is 0.780. The van der Waals surface area contributed by atoms with Gasteiger partial charge in [-0.05, 0) is 6.42 Å². The lowest BCUT2D eigenvalue weighted by Gasteiger charge is -2.24. The van der Waals surface area contributed by atoms with Crippen molar-refractivity contribution in [1.29, 1.82) is 0 Å². The van der Waals surface area contributed by atoms with Gasteiger partial charge in [0, 0.05) is 42.8 Å². The molecule has 1 aliphatic heterocycles. The van der Waals surface area contributed by atoms with Gasteiger partial charge >= 0.3 is 8.80 Å². The van der Waals surface area contributed by atoms with Crippen molar-refractivity contribution in [1.82, 2.24) is 0 Å². The third-order valence-corrected chi connectivity index (χ3v) is 5.24. The van der Waals surface area contributed by atoms with E-state index in [1.807, 2.05) is 0 Å². The molecule has 0 aromatic rings. The van der Waals surface area contributed by atoms with E-state index in [4.69, 9.17) is 22.8 Å². The average Bonchev–Trinajstić information content (AvgIpc) is 3.18. The number of rotatable bonds is 9. The van der Waals surface area contributed by atoms with Crippen LogP contribution < -0.4 is 0 Å². The number of hydrogen-bond acceptors (Lipinski definition) is 5. The van der Waals surface area contributed by atoms with E-state index in [1.54, 1.807) is 21.3 Å². The predicted molar refractivity (Wildman–Crippen MR) is 81.5 cm³/mol. The Morgan fingerprint density at radius 1 is 1.11 bits per heavy atom. The zero-order valence-electron chi connectivity index (χ0n) is 13.2. The van der Waals surface area contributed by atoms with E-state index in [0.717, 1.165) is 19.1 Å². The minimum absolute atomic E-state index is 0.139. The molecule has 0 aromatic carbocycles. The van der Waals surface area contributed by atoms with Crippen molar-refractivity contribution >= 4 is 17.6 Å². The highest BCUT2D eigenvalue weighted by Gasteiger charge is 2.36. The molecule has 1 atom stereocenters. The molecule has 0 aliphatic carbocycles. The summed E-state index contributed by atoms with van der Waals surface area (Å²) in [6.45, 7) is 9.15. The topological polar surface area (TPSA) is 49.5 Å². The summed E-state index contributed by atoms with van der Waals surface area (Å²) in [7, 11) is 2.34. The Morgan fingerprint density at radius 2 is 1.58 bits per heavy atom. The van der Waals surface area contributed by atoms with E-state index >= 15 is 0 Å². The fourth-order valence-corrected chi connectivity index (χ4v) is 3.02. The molecule has 1 aliphatic rings. The standard InChI is InChI=1S/C9H20O5Si.C3H10Si/c1-10-15(11-2,12-3)6-4-5-13-7-9-8-14-9;1-4(2)3/h9H,4-8H2,1-3H3;4H,1-3H3. The second kappa shape index (κ2) is 11.0. The van der Waals surface area contributed by atoms with Gasteiger partial charge in [0.1, 0.15) is 6.10 Å². The molecule has 0 radical (unpaired) electrons. The van der Waals surface area contributed by atoms with E-state index in [1.165, 1.54) is 0 Å². The summed E-state index contributed by atoms with van der Waals surface area (Å²) < 4.78 is 26.3. The normalized spacial score (nSPS) is 18.2. The van der Waals surface area contributed by atoms with Crippen molar-refractivity contribution < 1.29 is 22.8 Å². The molecule has 5 nitrogen and oxygen atoms in total. The van der Waals surface area contributed by atoms with Gasteiger partial charge in [0.05, 0.1) is 13.2 Å². The number of hydrogen-bond donors (Lipinski definition) is 0. The van der Waals surface area contributed by atoms with Crippen LogP contribution in [0.5, 0.6) is 0 Å². The van der Waals surface area contributed by atoms with E-state index in [-0.39, 0.29) is 8.80 Å². The zero-order chi connectivity index (χ0) is 14.7. The van der Waals surface area contributed by atoms with Gasteiger partial charge in [-0.1, -0.05) is 19.6 Å². The lowest BCUT2D eigenvalue weighted by atomic mass is 10.5. The summed E-state index contributed by atoms with van der Waals surface area (Å²) in [5.74, 6) is 0. The summed E-state index contributed by atoms with van der Waals surface area (Å²) in [4.78, 5) is 0. The first-order chi connectivity index (χ1) is 8.99. The molecular weight excluding hydrogens is 280 g/mol. The third kappa shape index (κ3) is 10.7. The van der Waals surface area contributed by atoms with E-state index in [2.05, 4.69) is 19.6 Å². The molecule has 0 aromatic heterocycles. The van der Waals surface area contributed by atoms with Gasteiger partial charge in [-0.15, -0.1) is 0 Å². The van der Waals surface area contributed by atoms with Crippen LogP contribution >= 0.6 is 0 Å². The minimum atomic E-state index is -2.39. The average molecular weight is 311 g/mol. The molecule has 0 saturated carbocycles. The van der Waals surface area contributed by atoms with Gasteiger partial charge in [0.15, 0.2) is 0 Å². The van der Waals surface area contributed by atoms with Gasteiger partial charge < -0.3 is 22.8 Å². The maximum atomic E-state index is 5.42. The van der Waals surface area contributed by atoms with Crippen LogP contribution in [0.1, 0.15) is 6.42 Å². The van der Waals surface area contributed by atoms with Crippen LogP contribution in [0.4, 0.5) is 0 Å². The Labute approximate surface area is 120 Å². The molecule has 0 N–H and O–H groups in total. The SMILES string of the molecule is CO[Si](CCCOCC1CO1)(OC)OC.C[SiH](C)C. The Bertz CT molecular complexity index is 197. The first kappa shape index (κ1) is 19.2. The van der Waals surface area contributed by atoms with E-state index in [9.17, 15) is 0 Å². The maximum absolute atomic E-state index is 5.42. The molecule has 19 heavy (non-hydrogen) atoms. The van der Waals surface area contributed by atoms with Crippen molar-refractivity contribution in [2.45, 2.75) is 38.2 Å².